The molecule has 1 rings (SSSR count). The third kappa shape index (κ3) is 5.08. The Balaban J connectivity index is 2.34. The Kier molecular flexibility index (Phi) is 6.46. The van der Waals surface area contributed by atoms with Crippen LogP contribution in [0.1, 0.15) is 25.3 Å². The van der Waals surface area contributed by atoms with Crippen LogP contribution in [0.5, 0.6) is 0 Å². The molecule has 0 saturated heterocycles. The number of nitriles is 1. The second-order valence-electron chi connectivity index (χ2n) is 3.63. The van der Waals surface area contributed by atoms with Gasteiger partial charge >= 0.3 is 0 Å². The van der Waals surface area contributed by atoms with Crippen LogP contribution in [0.4, 0.5) is 5.69 Å². The molecule has 0 atom stereocenters. The zero-order chi connectivity index (χ0) is 12.5. The molecule has 0 saturated carbocycles. The zero-order valence-electron chi connectivity index (χ0n) is 10.0. The number of hydrogen-bond donors (Lipinski definition) is 1. The van der Waals surface area contributed by atoms with Gasteiger partial charge in [0, 0.05) is 24.8 Å². The van der Waals surface area contributed by atoms with Gasteiger partial charge in [-0.05, 0) is 38.0 Å². The van der Waals surface area contributed by atoms with Crippen LogP contribution in [-0.2, 0) is 4.74 Å². The van der Waals surface area contributed by atoms with E-state index in [0.29, 0.717) is 10.6 Å². The number of anilines is 1. The van der Waals surface area contributed by atoms with Crippen molar-refractivity contribution in [2.75, 3.05) is 25.1 Å². The van der Waals surface area contributed by atoms with Crippen molar-refractivity contribution in [1.82, 2.24) is 0 Å². The van der Waals surface area contributed by atoms with Gasteiger partial charge in [0.25, 0.3) is 0 Å². The molecule has 1 N–H and O–H groups in total. The molecule has 0 heterocycles. The van der Waals surface area contributed by atoms with Crippen molar-refractivity contribution in [3.8, 4) is 6.07 Å². The summed E-state index contributed by atoms with van der Waals surface area (Å²) >= 11 is 5.82. The van der Waals surface area contributed by atoms with Crippen LogP contribution in [0.2, 0.25) is 5.02 Å². The number of nitrogens with zero attached hydrogens (tertiary/aromatic N) is 1. The van der Waals surface area contributed by atoms with Crippen LogP contribution in [0.15, 0.2) is 18.2 Å². The second-order valence-corrected chi connectivity index (χ2v) is 4.07. The summed E-state index contributed by atoms with van der Waals surface area (Å²) in [7, 11) is 0. The third-order valence-electron chi connectivity index (χ3n) is 2.34. The van der Waals surface area contributed by atoms with Gasteiger partial charge in [0.2, 0.25) is 0 Å². The van der Waals surface area contributed by atoms with Crippen LogP contribution < -0.4 is 5.32 Å². The fraction of sp³-hybridized carbons (Fsp3) is 0.462. The lowest BCUT2D eigenvalue weighted by Crippen LogP contribution is -2.04. The molecule has 92 valence electrons. The highest BCUT2D eigenvalue weighted by atomic mass is 35.5. The molecule has 4 heteroatoms. The number of benzene rings is 1. The van der Waals surface area contributed by atoms with E-state index in [2.05, 4.69) is 11.4 Å². The molecule has 1 aromatic carbocycles. The maximum absolute atomic E-state index is 8.95. The molecular formula is C13H17ClN2O. The molecule has 3 nitrogen and oxygen atoms in total. The molecule has 0 unspecified atom stereocenters. The molecular weight excluding hydrogens is 236 g/mol. The van der Waals surface area contributed by atoms with Crippen molar-refractivity contribution in [2.24, 2.45) is 0 Å². The average molecular weight is 253 g/mol. The minimum atomic E-state index is 0.585. The van der Waals surface area contributed by atoms with Gasteiger partial charge in [-0.3, -0.25) is 0 Å². The first kappa shape index (κ1) is 13.8. The molecule has 0 aliphatic heterocycles. The van der Waals surface area contributed by atoms with Crippen molar-refractivity contribution < 1.29 is 4.74 Å². The quantitative estimate of drug-likeness (QED) is 0.756. The first-order valence-corrected chi connectivity index (χ1v) is 6.17. The van der Waals surface area contributed by atoms with E-state index in [-0.39, 0.29) is 0 Å². The lowest BCUT2D eigenvalue weighted by molar-refractivity contribution is 0.144. The lowest BCUT2D eigenvalue weighted by atomic mass is 10.2. The highest BCUT2D eigenvalue weighted by molar-refractivity contribution is 6.30. The van der Waals surface area contributed by atoms with E-state index in [0.717, 1.165) is 38.3 Å². The van der Waals surface area contributed by atoms with E-state index in [9.17, 15) is 0 Å². The molecule has 0 aliphatic carbocycles. The number of nitrogens with one attached hydrogen (secondary N) is 1. The van der Waals surface area contributed by atoms with Crippen molar-refractivity contribution in [1.29, 1.82) is 5.26 Å². The maximum Gasteiger partial charge on any atom is 0.101 e. The molecule has 0 fully saturated rings. The van der Waals surface area contributed by atoms with Gasteiger partial charge in [-0.1, -0.05) is 11.6 Å². The Labute approximate surface area is 107 Å². The Morgan fingerprint density at radius 1 is 1.41 bits per heavy atom. The van der Waals surface area contributed by atoms with Gasteiger partial charge in [-0.2, -0.15) is 5.26 Å². The summed E-state index contributed by atoms with van der Waals surface area (Å²) in [6, 6.07) is 7.42. The van der Waals surface area contributed by atoms with Gasteiger partial charge in [-0.15, -0.1) is 0 Å². The van der Waals surface area contributed by atoms with Crippen molar-refractivity contribution in [3.05, 3.63) is 28.8 Å². The summed E-state index contributed by atoms with van der Waals surface area (Å²) < 4.78 is 5.25. The monoisotopic (exact) mass is 252 g/mol. The second kappa shape index (κ2) is 7.94. The largest absolute Gasteiger partial charge is 0.384 e. The van der Waals surface area contributed by atoms with Crippen molar-refractivity contribution in [2.45, 2.75) is 19.8 Å². The fourth-order valence-electron chi connectivity index (χ4n) is 1.46. The Morgan fingerprint density at radius 3 is 2.94 bits per heavy atom. The van der Waals surface area contributed by atoms with Crippen molar-refractivity contribution in [3.63, 3.8) is 0 Å². The Hall–Kier alpha value is -1.24. The van der Waals surface area contributed by atoms with E-state index in [1.165, 1.54) is 0 Å². The summed E-state index contributed by atoms with van der Waals surface area (Å²) in [5, 5.41) is 12.8. The Bertz CT molecular complexity index is 387. The van der Waals surface area contributed by atoms with E-state index >= 15 is 0 Å². The molecule has 0 amide bonds. The van der Waals surface area contributed by atoms with E-state index in [1.54, 1.807) is 12.1 Å². The SMILES string of the molecule is CCOCCCCNc1ccc(Cl)cc1C#N. The summed E-state index contributed by atoms with van der Waals surface area (Å²) in [5.41, 5.74) is 1.43. The van der Waals surface area contributed by atoms with Crippen LogP contribution >= 0.6 is 11.6 Å². The minimum Gasteiger partial charge on any atom is -0.384 e. The predicted molar refractivity (Wildman–Crippen MR) is 70.4 cm³/mol. The average Bonchev–Trinajstić information content (AvgIpc) is 2.35. The number of ether oxygens (including phenoxy) is 1. The van der Waals surface area contributed by atoms with Crippen LogP contribution in [0.25, 0.3) is 0 Å². The topological polar surface area (TPSA) is 45.0 Å². The van der Waals surface area contributed by atoms with Gasteiger partial charge in [0.1, 0.15) is 6.07 Å². The van der Waals surface area contributed by atoms with Gasteiger partial charge in [0.05, 0.1) is 11.3 Å². The van der Waals surface area contributed by atoms with E-state index in [4.69, 9.17) is 21.6 Å². The summed E-state index contributed by atoms with van der Waals surface area (Å²) in [6.07, 6.45) is 2.05. The molecule has 0 aliphatic rings. The molecule has 17 heavy (non-hydrogen) atoms. The van der Waals surface area contributed by atoms with Gasteiger partial charge in [-0.25, -0.2) is 0 Å². The van der Waals surface area contributed by atoms with Crippen molar-refractivity contribution >= 4 is 17.3 Å². The first-order chi connectivity index (χ1) is 8.27. The summed E-state index contributed by atoms with van der Waals surface area (Å²) in [6.45, 7) is 4.39. The summed E-state index contributed by atoms with van der Waals surface area (Å²) in [4.78, 5) is 0. The smallest absolute Gasteiger partial charge is 0.101 e. The number of halogens is 1. The van der Waals surface area contributed by atoms with E-state index in [1.807, 2.05) is 13.0 Å². The maximum atomic E-state index is 8.95. The number of hydrogen-bond acceptors (Lipinski definition) is 3. The van der Waals surface area contributed by atoms with Crippen LogP contribution in [-0.4, -0.2) is 19.8 Å². The molecule has 0 aromatic heterocycles. The molecule has 0 bridgehead atoms. The first-order valence-electron chi connectivity index (χ1n) is 5.79. The number of rotatable bonds is 7. The third-order valence-corrected chi connectivity index (χ3v) is 2.57. The normalized spacial score (nSPS) is 9.94. The Morgan fingerprint density at radius 2 is 2.24 bits per heavy atom. The number of unbranched alkanes of at least 4 members (excludes halogenated alkanes) is 1. The van der Waals surface area contributed by atoms with E-state index < -0.39 is 0 Å². The zero-order valence-corrected chi connectivity index (χ0v) is 10.8. The standard InChI is InChI=1S/C13H17ClN2O/c1-2-17-8-4-3-7-16-13-6-5-12(14)9-11(13)10-15/h5-6,9,16H,2-4,7-8H2,1H3. The van der Waals surface area contributed by atoms with Gasteiger partial charge < -0.3 is 10.1 Å². The fourth-order valence-corrected chi connectivity index (χ4v) is 1.63. The van der Waals surface area contributed by atoms with Gasteiger partial charge in [0.15, 0.2) is 0 Å². The molecule has 1 aromatic rings. The highest BCUT2D eigenvalue weighted by Gasteiger charge is 2.01. The highest BCUT2D eigenvalue weighted by Crippen LogP contribution is 2.19. The minimum absolute atomic E-state index is 0.585. The molecule has 0 radical (unpaired) electrons. The summed E-state index contributed by atoms with van der Waals surface area (Å²) in [5.74, 6) is 0. The van der Waals surface area contributed by atoms with Crippen LogP contribution in [0, 0.1) is 11.3 Å². The molecule has 0 spiro atoms. The van der Waals surface area contributed by atoms with Crippen LogP contribution in [0.3, 0.4) is 0 Å². The predicted octanol–water partition coefficient (Wildman–Crippen LogP) is 3.44. The lowest BCUT2D eigenvalue weighted by Gasteiger charge is -2.08.